The Labute approximate surface area is 165 Å². The molecule has 2 aromatic carbocycles. The molecule has 1 heterocycles. The molecule has 8 heteroatoms. The predicted molar refractivity (Wildman–Crippen MR) is 105 cm³/mol. The lowest BCUT2D eigenvalue weighted by atomic mass is 10.2. The Morgan fingerprint density at radius 2 is 2.07 bits per heavy atom. The van der Waals surface area contributed by atoms with Crippen LogP contribution in [0.1, 0.15) is 10.4 Å². The topological polar surface area (TPSA) is 94.4 Å². The first kappa shape index (κ1) is 19.1. The van der Waals surface area contributed by atoms with Crippen LogP contribution in [0, 0.1) is 22.0 Å². The van der Waals surface area contributed by atoms with Crippen LogP contribution in [0.5, 0.6) is 5.75 Å². The quantitative estimate of drug-likeness (QED) is 0.404. The Bertz CT molecular complexity index is 1110. The number of carbonyl (C=O) groups is 1. The maximum absolute atomic E-state index is 12.1. The number of rotatable bonds is 5. The van der Waals surface area contributed by atoms with Crippen LogP contribution in [-0.2, 0) is 0 Å². The van der Waals surface area contributed by atoms with Crippen molar-refractivity contribution in [2.24, 2.45) is 0 Å². The average molecular weight is 396 g/mol. The van der Waals surface area contributed by atoms with Crippen LogP contribution < -0.4 is 10.1 Å². The summed E-state index contributed by atoms with van der Waals surface area (Å²) in [4.78, 5) is 26.6. The standard InChI is InChI=1S/C20H14ClN3O4/c21-18-8-6-15(24(26)27)12-17(18)20(25)23-9-1-2-11-28-16-7-5-14-4-3-10-22-19(14)13-16/h3-8,10,12-13H,9,11H2,(H,23,25). The number of fused-ring (bicyclic) bond motifs is 1. The molecule has 0 fully saturated rings. The molecule has 140 valence electrons. The first-order chi connectivity index (χ1) is 13.5. The van der Waals surface area contributed by atoms with E-state index < -0.39 is 10.8 Å². The van der Waals surface area contributed by atoms with Gasteiger partial charge in [0.25, 0.3) is 11.6 Å². The van der Waals surface area contributed by atoms with Gasteiger partial charge >= 0.3 is 0 Å². The van der Waals surface area contributed by atoms with Crippen molar-refractivity contribution in [1.82, 2.24) is 10.3 Å². The lowest BCUT2D eigenvalue weighted by Gasteiger charge is -2.04. The van der Waals surface area contributed by atoms with Crippen molar-refractivity contribution in [2.45, 2.75) is 0 Å². The van der Waals surface area contributed by atoms with Gasteiger partial charge in [-0.05, 0) is 24.3 Å². The number of nitro benzene ring substituents is 1. The van der Waals surface area contributed by atoms with Gasteiger partial charge < -0.3 is 10.1 Å². The van der Waals surface area contributed by atoms with Gasteiger partial charge in [0.2, 0.25) is 0 Å². The van der Waals surface area contributed by atoms with Crippen LogP contribution >= 0.6 is 11.6 Å². The number of carbonyl (C=O) groups excluding carboxylic acids is 1. The van der Waals surface area contributed by atoms with E-state index in [4.69, 9.17) is 16.3 Å². The highest BCUT2D eigenvalue weighted by atomic mass is 35.5. The van der Waals surface area contributed by atoms with Gasteiger partial charge in [-0.25, -0.2) is 0 Å². The zero-order chi connectivity index (χ0) is 19.9. The van der Waals surface area contributed by atoms with Crippen molar-refractivity contribution < 1.29 is 14.5 Å². The van der Waals surface area contributed by atoms with E-state index in [1.807, 2.05) is 30.3 Å². The van der Waals surface area contributed by atoms with Crippen LogP contribution in [0.25, 0.3) is 10.9 Å². The first-order valence-corrected chi connectivity index (χ1v) is 8.58. The third-order valence-corrected chi connectivity index (χ3v) is 4.09. The zero-order valence-corrected chi connectivity index (χ0v) is 15.3. The molecule has 0 spiro atoms. The van der Waals surface area contributed by atoms with Gasteiger partial charge in [0.05, 0.1) is 27.6 Å². The summed E-state index contributed by atoms with van der Waals surface area (Å²) in [5, 5.41) is 14.5. The van der Waals surface area contributed by atoms with E-state index in [2.05, 4.69) is 22.1 Å². The number of pyridine rings is 1. The Hall–Kier alpha value is -3.63. The van der Waals surface area contributed by atoms with Crippen molar-refractivity contribution in [3.63, 3.8) is 0 Å². The molecule has 1 amide bonds. The van der Waals surface area contributed by atoms with E-state index >= 15 is 0 Å². The molecule has 0 unspecified atom stereocenters. The van der Waals surface area contributed by atoms with E-state index in [-0.39, 0.29) is 29.4 Å². The van der Waals surface area contributed by atoms with E-state index in [0.29, 0.717) is 5.75 Å². The van der Waals surface area contributed by atoms with Gasteiger partial charge in [-0.3, -0.25) is 19.9 Å². The lowest BCUT2D eigenvalue weighted by Crippen LogP contribution is -2.24. The number of benzene rings is 2. The summed E-state index contributed by atoms with van der Waals surface area (Å²) in [6.45, 7) is 0.201. The van der Waals surface area contributed by atoms with Crippen molar-refractivity contribution in [1.29, 1.82) is 0 Å². The number of ether oxygens (including phenoxy) is 1. The van der Waals surface area contributed by atoms with Gasteiger partial charge in [0, 0.05) is 29.8 Å². The van der Waals surface area contributed by atoms with Crippen molar-refractivity contribution in [3.8, 4) is 17.6 Å². The second kappa shape index (κ2) is 8.84. The Morgan fingerprint density at radius 1 is 1.21 bits per heavy atom. The summed E-state index contributed by atoms with van der Waals surface area (Å²) in [5.41, 5.74) is 0.644. The minimum absolute atomic E-state index is 0.0255. The maximum Gasteiger partial charge on any atom is 0.270 e. The highest BCUT2D eigenvalue weighted by Crippen LogP contribution is 2.22. The molecule has 0 atom stereocenters. The SMILES string of the molecule is O=C(NCC#CCOc1ccc2cccnc2c1)c1cc([N+](=O)[O-])ccc1Cl. The largest absolute Gasteiger partial charge is 0.481 e. The van der Waals surface area contributed by atoms with Crippen LogP contribution in [0.4, 0.5) is 5.69 Å². The molecular formula is C20H14ClN3O4. The van der Waals surface area contributed by atoms with Crippen LogP contribution in [0.3, 0.4) is 0 Å². The van der Waals surface area contributed by atoms with Crippen LogP contribution in [0.15, 0.2) is 54.7 Å². The molecule has 0 saturated heterocycles. The summed E-state index contributed by atoms with van der Waals surface area (Å²) in [5.74, 6) is 5.64. The first-order valence-electron chi connectivity index (χ1n) is 8.20. The fourth-order valence-corrected chi connectivity index (χ4v) is 2.59. The molecule has 0 aliphatic heterocycles. The van der Waals surface area contributed by atoms with Gasteiger partial charge in [-0.2, -0.15) is 0 Å². The predicted octanol–water partition coefficient (Wildman–Crippen LogP) is 3.61. The molecule has 3 rings (SSSR count). The van der Waals surface area contributed by atoms with Gasteiger partial charge in [0.1, 0.15) is 12.4 Å². The molecule has 28 heavy (non-hydrogen) atoms. The van der Waals surface area contributed by atoms with Crippen molar-refractivity contribution >= 4 is 34.1 Å². The van der Waals surface area contributed by atoms with Crippen LogP contribution in [0.2, 0.25) is 5.02 Å². The van der Waals surface area contributed by atoms with Gasteiger partial charge in [0.15, 0.2) is 0 Å². The number of nitrogens with one attached hydrogen (secondary N) is 1. The minimum Gasteiger partial charge on any atom is -0.481 e. The Balaban J connectivity index is 1.51. The summed E-state index contributed by atoms with van der Waals surface area (Å²) in [6.07, 6.45) is 1.71. The number of hydrogen-bond donors (Lipinski definition) is 1. The van der Waals surface area contributed by atoms with Crippen molar-refractivity contribution in [2.75, 3.05) is 13.2 Å². The van der Waals surface area contributed by atoms with Gasteiger partial charge in [-0.15, -0.1) is 0 Å². The summed E-state index contributed by atoms with van der Waals surface area (Å²) in [7, 11) is 0. The number of hydrogen-bond acceptors (Lipinski definition) is 5. The number of halogens is 1. The molecule has 3 aromatic rings. The fraction of sp³-hybridized carbons (Fsp3) is 0.100. The van der Waals surface area contributed by atoms with Gasteiger partial charge in [-0.1, -0.05) is 29.5 Å². The summed E-state index contributed by atoms with van der Waals surface area (Å²) < 4.78 is 5.54. The number of aromatic nitrogens is 1. The van der Waals surface area contributed by atoms with E-state index in [0.717, 1.165) is 17.0 Å². The number of non-ortho nitro benzene ring substituents is 1. The fourth-order valence-electron chi connectivity index (χ4n) is 2.39. The third kappa shape index (κ3) is 4.75. The van der Waals surface area contributed by atoms with E-state index in [9.17, 15) is 14.9 Å². The zero-order valence-electron chi connectivity index (χ0n) is 14.5. The molecule has 0 aliphatic carbocycles. The molecule has 1 N–H and O–H groups in total. The molecule has 0 aliphatic rings. The molecule has 0 radical (unpaired) electrons. The number of nitro groups is 1. The molecule has 0 saturated carbocycles. The maximum atomic E-state index is 12.1. The number of amides is 1. The highest BCUT2D eigenvalue weighted by Gasteiger charge is 2.15. The average Bonchev–Trinajstić information content (AvgIpc) is 2.70. The smallest absolute Gasteiger partial charge is 0.270 e. The van der Waals surface area contributed by atoms with Crippen molar-refractivity contribution in [3.05, 3.63) is 75.4 Å². The van der Waals surface area contributed by atoms with Crippen LogP contribution in [-0.4, -0.2) is 29.0 Å². The number of nitrogens with zero attached hydrogens (tertiary/aromatic N) is 2. The molecular weight excluding hydrogens is 382 g/mol. The lowest BCUT2D eigenvalue weighted by molar-refractivity contribution is -0.384. The normalized spacial score (nSPS) is 10.0. The van der Waals surface area contributed by atoms with E-state index in [1.54, 1.807) is 6.20 Å². The Morgan fingerprint density at radius 3 is 2.89 bits per heavy atom. The second-order valence-corrected chi connectivity index (χ2v) is 6.01. The highest BCUT2D eigenvalue weighted by molar-refractivity contribution is 6.33. The molecule has 0 bridgehead atoms. The molecule has 7 nitrogen and oxygen atoms in total. The third-order valence-electron chi connectivity index (χ3n) is 3.76. The minimum atomic E-state index is -0.591. The summed E-state index contributed by atoms with van der Waals surface area (Å²) >= 11 is 5.92. The summed E-state index contributed by atoms with van der Waals surface area (Å²) in [6, 6.07) is 13.1. The molecule has 1 aromatic heterocycles. The van der Waals surface area contributed by atoms with E-state index in [1.165, 1.54) is 12.1 Å². The second-order valence-electron chi connectivity index (χ2n) is 5.60. The monoisotopic (exact) mass is 395 g/mol. The Kier molecular flexibility index (Phi) is 6.04.